The van der Waals surface area contributed by atoms with Gasteiger partial charge in [-0.1, -0.05) is 140 Å². The van der Waals surface area contributed by atoms with Crippen LogP contribution >= 0.6 is 0 Å². The number of rotatable bonds is 5. The average Bonchev–Trinajstić information content (AvgIpc) is 3.76. The zero-order valence-electron chi connectivity index (χ0n) is 29.5. The molecule has 54 heavy (non-hydrogen) atoms. The van der Waals surface area contributed by atoms with E-state index in [2.05, 4.69) is 214 Å². The summed E-state index contributed by atoms with van der Waals surface area (Å²) in [6.07, 6.45) is -0.152. The monoisotopic (exact) mass is 692 g/mol. The number of para-hydroxylation sites is 3. The van der Waals surface area contributed by atoms with Crippen LogP contribution < -0.4 is 10.6 Å². The van der Waals surface area contributed by atoms with Crippen LogP contribution in [0.3, 0.4) is 0 Å². The Balaban J connectivity index is 1.04. The van der Waals surface area contributed by atoms with Crippen molar-refractivity contribution in [1.29, 1.82) is 0 Å². The van der Waals surface area contributed by atoms with Crippen molar-refractivity contribution in [3.8, 4) is 27.9 Å². The van der Waals surface area contributed by atoms with Crippen LogP contribution in [0.15, 0.2) is 194 Å². The summed E-state index contributed by atoms with van der Waals surface area (Å²) < 4.78 is 4.84. The molecule has 2 N–H and O–H groups in total. The number of nitrogens with one attached hydrogen (secondary N) is 2. The van der Waals surface area contributed by atoms with Crippen LogP contribution in [0.4, 0.5) is 5.69 Å². The van der Waals surface area contributed by atoms with E-state index in [1.807, 2.05) is 0 Å². The molecule has 2 atom stereocenters. The molecule has 2 unspecified atom stereocenters. The summed E-state index contributed by atoms with van der Waals surface area (Å²) in [6.45, 7) is 0. The van der Waals surface area contributed by atoms with Gasteiger partial charge in [-0.15, -0.1) is 0 Å². The first kappa shape index (κ1) is 30.7. The lowest BCUT2D eigenvalue weighted by Crippen LogP contribution is -2.40. The first-order valence-electron chi connectivity index (χ1n) is 18.7. The van der Waals surface area contributed by atoms with Crippen molar-refractivity contribution < 1.29 is 0 Å². The normalized spacial score (nSPS) is 15.5. The van der Waals surface area contributed by atoms with Crippen molar-refractivity contribution >= 4 is 49.3 Å². The third kappa shape index (κ3) is 4.88. The number of fused-ring (bicyclic) bond motifs is 7. The summed E-state index contributed by atoms with van der Waals surface area (Å²) in [6, 6.07) is 70.4. The molecule has 0 radical (unpaired) electrons. The van der Waals surface area contributed by atoms with E-state index < -0.39 is 0 Å². The van der Waals surface area contributed by atoms with Crippen molar-refractivity contribution in [1.82, 2.24) is 14.5 Å². The zero-order valence-corrected chi connectivity index (χ0v) is 29.5. The van der Waals surface area contributed by atoms with Gasteiger partial charge in [0, 0.05) is 32.9 Å². The highest BCUT2D eigenvalue weighted by atomic mass is 15.3. The van der Waals surface area contributed by atoms with Crippen LogP contribution in [0.25, 0.3) is 71.6 Å². The molecular formula is C50H36N4. The molecule has 3 heterocycles. The van der Waals surface area contributed by atoms with Crippen LogP contribution in [-0.4, -0.2) is 9.13 Å². The molecule has 1 aliphatic rings. The van der Waals surface area contributed by atoms with Gasteiger partial charge in [-0.25, -0.2) is 0 Å². The Morgan fingerprint density at radius 2 is 0.944 bits per heavy atom. The summed E-state index contributed by atoms with van der Waals surface area (Å²) in [5, 5.41) is 12.8. The molecule has 10 aromatic rings. The zero-order chi connectivity index (χ0) is 35.6. The van der Waals surface area contributed by atoms with E-state index in [4.69, 9.17) is 0 Å². The van der Waals surface area contributed by atoms with Gasteiger partial charge in [0.15, 0.2) is 6.29 Å². The van der Waals surface area contributed by atoms with E-state index in [-0.39, 0.29) is 12.3 Å². The molecule has 256 valence electrons. The topological polar surface area (TPSA) is 33.9 Å². The third-order valence-electron chi connectivity index (χ3n) is 11.2. The molecule has 1 aliphatic heterocycles. The SMILES string of the molecule is c1ccc(-c2cccc(-n3c4ccccc4c4cc(-c5ccc6c(c5)c5ccccc5n6C5Nc6ccccc6C(c6ccccc6)N5)ccc43)c2)cc1. The number of anilines is 1. The average molecular weight is 693 g/mol. The second-order valence-electron chi connectivity index (χ2n) is 14.3. The Hall–Kier alpha value is -6.88. The number of aromatic nitrogens is 2. The van der Waals surface area contributed by atoms with Crippen LogP contribution in [0.5, 0.6) is 0 Å². The molecule has 2 aromatic heterocycles. The molecule has 4 heteroatoms. The number of benzene rings is 8. The van der Waals surface area contributed by atoms with Gasteiger partial charge in [0.25, 0.3) is 0 Å². The minimum Gasteiger partial charge on any atom is -0.352 e. The predicted octanol–water partition coefficient (Wildman–Crippen LogP) is 12.5. The Bertz CT molecular complexity index is 3010. The lowest BCUT2D eigenvalue weighted by atomic mass is 9.95. The van der Waals surface area contributed by atoms with Gasteiger partial charge in [-0.05, 0) is 88.0 Å². The van der Waals surface area contributed by atoms with Crippen molar-refractivity contribution in [2.75, 3.05) is 5.32 Å². The second kappa shape index (κ2) is 12.4. The highest BCUT2D eigenvalue weighted by Gasteiger charge is 2.29. The van der Waals surface area contributed by atoms with E-state index in [1.165, 1.54) is 77.0 Å². The van der Waals surface area contributed by atoms with Crippen molar-refractivity contribution in [2.24, 2.45) is 0 Å². The standard InChI is InChI=1S/C50H36N4/c1-3-14-33(15-4-1)35-18-13-19-38(30-35)53-45-24-11-8-20-39(45)42-31-36(26-28-47(42)53)37-27-29-48-43(32-37)40-21-9-12-25-46(40)54(48)50-51-44-23-10-7-22-41(44)49(52-50)34-16-5-2-6-17-34/h1-32,49-52H. The van der Waals surface area contributed by atoms with Gasteiger partial charge in [-0.3, -0.25) is 5.32 Å². The Kier molecular flexibility index (Phi) is 7.04. The van der Waals surface area contributed by atoms with Crippen molar-refractivity contribution in [3.63, 3.8) is 0 Å². The van der Waals surface area contributed by atoms with Gasteiger partial charge in [0.05, 0.1) is 28.1 Å². The number of nitrogens with zero attached hydrogens (tertiary/aromatic N) is 2. The molecule has 0 spiro atoms. The van der Waals surface area contributed by atoms with Crippen LogP contribution in [-0.2, 0) is 0 Å². The quantitative estimate of drug-likeness (QED) is 0.188. The van der Waals surface area contributed by atoms with Gasteiger partial charge in [-0.2, -0.15) is 0 Å². The number of hydrogen-bond donors (Lipinski definition) is 2. The summed E-state index contributed by atoms with van der Waals surface area (Å²) in [7, 11) is 0. The minimum absolute atomic E-state index is 0.0544. The smallest absolute Gasteiger partial charge is 0.160 e. The fourth-order valence-electron chi connectivity index (χ4n) is 8.72. The van der Waals surface area contributed by atoms with E-state index in [1.54, 1.807) is 0 Å². The van der Waals surface area contributed by atoms with E-state index in [0.717, 1.165) is 11.4 Å². The molecule has 0 saturated carbocycles. The Labute approximate surface area is 313 Å². The van der Waals surface area contributed by atoms with E-state index in [9.17, 15) is 0 Å². The van der Waals surface area contributed by atoms with E-state index >= 15 is 0 Å². The minimum atomic E-state index is -0.152. The van der Waals surface area contributed by atoms with Crippen LogP contribution in [0, 0.1) is 0 Å². The van der Waals surface area contributed by atoms with Crippen molar-refractivity contribution in [3.05, 3.63) is 205 Å². The maximum Gasteiger partial charge on any atom is 0.160 e. The predicted molar refractivity (Wildman–Crippen MR) is 225 cm³/mol. The third-order valence-corrected chi connectivity index (χ3v) is 11.2. The maximum atomic E-state index is 3.97. The Morgan fingerprint density at radius 3 is 1.74 bits per heavy atom. The summed E-state index contributed by atoms with van der Waals surface area (Å²) >= 11 is 0. The largest absolute Gasteiger partial charge is 0.352 e. The molecule has 0 aliphatic carbocycles. The first-order chi connectivity index (χ1) is 26.8. The van der Waals surface area contributed by atoms with Gasteiger partial charge in [0.1, 0.15) is 0 Å². The van der Waals surface area contributed by atoms with Gasteiger partial charge >= 0.3 is 0 Å². The molecule has 11 rings (SSSR count). The molecule has 0 fully saturated rings. The molecule has 0 amide bonds. The summed E-state index contributed by atoms with van der Waals surface area (Å²) in [5.74, 6) is 0. The fraction of sp³-hybridized carbons (Fsp3) is 0.0400. The molecule has 0 saturated heterocycles. The van der Waals surface area contributed by atoms with Crippen LogP contribution in [0.1, 0.15) is 23.5 Å². The first-order valence-corrected chi connectivity index (χ1v) is 18.7. The highest BCUT2D eigenvalue weighted by molar-refractivity contribution is 6.12. The lowest BCUT2D eigenvalue weighted by Gasteiger charge is -2.36. The van der Waals surface area contributed by atoms with Crippen LogP contribution in [0.2, 0.25) is 0 Å². The molecule has 4 nitrogen and oxygen atoms in total. The Morgan fingerprint density at radius 1 is 0.389 bits per heavy atom. The molecule has 8 aromatic carbocycles. The van der Waals surface area contributed by atoms with E-state index in [0.29, 0.717) is 0 Å². The second-order valence-corrected chi connectivity index (χ2v) is 14.3. The highest BCUT2D eigenvalue weighted by Crippen LogP contribution is 2.41. The number of hydrogen-bond acceptors (Lipinski definition) is 2. The summed E-state index contributed by atoms with van der Waals surface area (Å²) in [4.78, 5) is 0. The molecular weight excluding hydrogens is 657 g/mol. The lowest BCUT2D eigenvalue weighted by molar-refractivity contribution is 0.417. The van der Waals surface area contributed by atoms with Gasteiger partial charge < -0.3 is 14.5 Å². The van der Waals surface area contributed by atoms with Gasteiger partial charge in [0.2, 0.25) is 0 Å². The molecule has 0 bridgehead atoms. The van der Waals surface area contributed by atoms with Crippen molar-refractivity contribution in [2.45, 2.75) is 12.3 Å². The maximum absolute atomic E-state index is 3.97. The summed E-state index contributed by atoms with van der Waals surface area (Å²) in [5.41, 5.74) is 14.4. The fourth-order valence-corrected chi connectivity index (χ4v) is 8.72.